The summed E-state index contributed by atoms with van der Waals surface area (Å²) in [5.74, 6) is 0.509. The number of nitrogens with one attached hydrogen (secondary N) is 1. The van der Waals surface area contributed by atoms with Crippen molar-refractivity contribution in [3.63, 3.8) is 0 Å². The molecule has 2 aliphatic heterocycles. The lowest BCUT2D eigenvalue weighted by Gasteiger charge is -2.39. The molecule has 3 heterocycles. The maximum atomic E-state index is 11.0. The molecule has 0 spiro atoms. The van der Waals surface area contributed by atoms with Crippen LogP contribution in [0, 0.1) is 5.92 Å². The number of nitrogens with zero attached hydrogens (tertiary/aromatic N) is 2. The summed E-state index contributed by atoms with van der Waals surface area (Å²) >= 11 is 0. The Morgan fingerprint density at radius 2 is 2.22 bits per heavy atom. The van der Waals surface area contributed by atoms with Crippen molar-refractivity contribution in [1.82, 2.24) is 14.9 Å². The minimum atomic E-state index is -0.586. The van der Waals surface area contributed by atoms with Gasteiger partial charge < -0.3 is 24.5 Å². The number of aliphatic hydroxyl groups is 1. The summed E-state index contributed by atoms with van der Waals surface area (Å²) in [5.41, 5.74) is 1.89. The Morgan fingerprint density at radius 1 is 1.39 bits per heavy atom. The fraction of sp³-hybridized carbons (Fsp3) is 0.588. The molecule has 4 rings (SSSR count). The van der Waals surface area contributed by atoms with Crippen LogP contribution in [0.25, 0.3) is 11.0 Å². The van der Waals surface area contributed by atoms with Crippen molar-refractivity contribution in [2.75, 3.05) is 13.2 Å². The molecular formula is C17H23N3O3. The van der Waals surface area contributed by atoms with Gasteiger partial charge in [0.25, 0.3) is 0 Å². The Kier molecular flexibility index (Phi) is 3.85. The van der Waals surface area contributed by atoms with E-state index in [1.165, 1.54) is 0 Å². The molecule has 0 amide bonds. The third kappa shape index (κ3) is 2.55. The first-order valence-corrected chi connectivity index (χ1v) is 8.25. The van der Waals surface area contributed by atoms with Crippen molar-refractivity contribution < 1.29 is 14.6 Å². The van der Waals surface area contributed by atoms with Gasteiger partial charge in [-0.3, -0.25) is 0 Å². The monoisotopic (exact) mass is 317 g/mol. The van der Waals surface area contributed by atoms with Crippen LogP contribution in [0.3, 0.4) is 0 Å². The quantitative estimate of drug-likeness (QED) is 0.890. The number of para-hydroxylation sites is 2. The molecule has 1 aromatic carbocycles. The van der Waals surface area contributed by atoms with Crippen molar-refractivity contribution in [3.8, 4) is 0 Å². The molecule has 0 radical (unpaired) electrons. The number of ether oxygens (including phenoxy) is 2. The fourth-order valence-electron chi connectivity index (χ4n) is 3.54. The van der Waals surface area contributed by atoms with Crippen molar-refractivity contribution >= 4 is 11.0 Å². The second-order valence-corrected chi connectivity index (χ2v) is 6.83. The second kappa shape index (κ2) is 5.87. The molecule has 2 aliphatic rings. The molecule has 2 saturated heterocycles. The molecule has 23 heavy (non-hydrogen) atoms. The highest BCUT2D eigenvalue weighted by atomic mass is 16.7. The van der Waals surface area contributed by atoms with Crippen LogP contribution in [0.15, 0.2) is 30.6 Å². The largest absolute Gasteiger partial charge is 0.389 e. The zero-order valence-electron chi connectivity index (χ0n) is 13.4. The minimum Gasteiger partial charge on any atom is -0.389 e. The zero-order valence-corrected chi connectivity index (χ0v) is 13.4. The number of hydrogen-bond acceptors (Lipinski definition) is 5. The van der Waals surface area contributed by atoms with Gasteiger partial charge in [0.2, 0.25) is 0 Å². The molecule has 6 nitrogen and oxygen atoms in total. The SMILES string of the molecule is CC(C)CN[C@H]1[C@H](O)[C@@H](n2cnc3ccccc32)[C@@H]2OC[C@H]1O2. The molecule has 2 N–H and O–H groups in total. The van der Waals surface area contributed by atoms with E-state index in [2.05, 4.69) is 24.1 Å². The van der Waals surface area contributed by atoms with Gasteiger partial charge in [-0.2, -0.15) is 0 Å². The number of hydrogen-bond donors (Lipinski definition) is 2. The molecule has 0 saturated carbocycles. The van der Waals surface area contributed by atoms with Gasteiger partial charge in [0, 0.05) is 0 Å². The first-order chi connectivity index (χ1) is 11.1. The van der Waals surface area contributed by atoms with E-state index in [-0.39, 0.29) is 18.2 Å². The summed E-state index contributed by atoms with van der Waals surface area (Å²) in [4.78, 5) is 4.43. The Labute approximate surface area is 135 Å². The first kappa shape index (κ1) is 15.1. The van der Waals surface area contributed by atoms with Crippen LogP contribution in [0.4, 0.5) is 0 Å². The molecule has 2 bridgehead atoms. The van der Waals surface area contributed by atoms with Gasteiger partial charge in [0.1, 0.15) is 12.1 Å². The number of rotatable bonds is 4. The highest BCUT2D eigenvalue weighted by molar-refractivity contribution is 5.75. The standard InChI is InChI=1S/C17H23N3O3/c1-10(2)7-18-14-13-8-22-17(23-13)15(16(14)21)20-9-19-11-5-3-4-6-12(11)20/h3-6,9-10,13-18,21H,7-8H2,1-2H3/t13-,14-,15-,16+,17-/m1/s1. The van der Waals surface area contributed by atoms with E-state index >= 15 is 0 Å². The van der Waals surface area contributed by atoms with Gasteiger partial charge in [-0.25, -0.2) is 4.98 Å². The first-order valence-electron chi connectivity index (χ1n) is 8.25. The lowest BCUT2D eigenvalue weighted by atomic mass is 9.95. The van der Waals surface area contributed by atoms with Gasteiger partial charge in [0.15, 0.2) is 6.29 Å². The van der Waals surface area contributed by atoms with E-state index in [4.69, 9.17) is 9.47 Å². The lowest BCUT2D eigenvalue weighted by molar-refractivity contribution is -0.164. The highest BCUT2D eigenvalue weighted by Crippen LogP contribution is 2.37. The molecule has 1 aromatic heterocycles. The molecule has 0 aliphatic carbocycles. The average molecular weight is 317 g/mol. The van der Waals surface area contributed by atoms with Gasteiger partial charge in [-0.05, 0) is 24.6 Å². The van der Waals surface area contributed by atoms with Crippen LogP contribution in [0.2, 0.25) is 0 Å². The van der Waals surface area contributed by atoms with Crippen molar-refractivity contribution in [3.05, 3.63) is 30.6 Å². The second-order valence-electron chi connectivity index (χ2n) is 6.83. The number of imidazole rings is 1. The topological polar surface area (TPSA) is 68.5 Å². The number of fused-ring (bicyclic) bond motifs is 3. The Morgan fingerprint density at radius 3 is 3.04 bits per heavy atom. The van der Waals surface area contributed by atoms with Gasteiger partial charge in [0.05, 0.1) is 36.1 Å². The Hall–Kier alpha value is -1.47. The highest BCUT2D eigenvalue weighted by Gasteiger charge is 2.50. The van der Waals surface area contributed by atoms with E-state index < -0.39 is 12.4 Å². The summed E-state index contributed by atoms with van der Waals surface area (Å²) in [5, 5.41) is 14.4. The normalized spacial score (nSPS) is 33.7. The predicted octanol–water partition coefficient (Wildman–Crippen LogP) is 1.31. The molecule has 0 unspecified atom stereocenters. The van der Waals surface area contributed by atoms with E-state index in [1.807, 2.05) is 28.8 Å². The average Bonchev–Trinajstić information content (AvgIpc) is 3.14. The van der Waals surface area contributed by atoms with Crippen LogP contribution in [-0.4, -0.2) is 52.3 Å². The van der Waals surface area contributed by atoms with Crippen molar-refractivity contribution in [2.24, 2.45) is 5.92 Å². The molecule has 2 aromatic rings. The third-order valence-electron chi connectivity index (χ3n) is 4.70. The fourth-order valence-corrected chi connectivity index (χ4v) is 3.54. The van der Waals surface area contributed by atoms with E-state index in [1.54, 1.807) is 6.33 Å². The molecule has 5 atom stereocenters. The van der Waals surface area contributed by atoms with E-state index in [9.17, 15) is 5.11 Å². The summed E-state index contributed by atoms with van der Waals surface area (Å²) in [6.45, 7) is 5.65. The third-order valence-corrected chi connectivity index (χ3v) is 4.70. The maximum absolute atomic E-state index is 11.0. The summed E-state index contributed by atoms with van der Waals surface area (Å²) < 4.78 is 13.8. The van der Waals surface area contributed by atoms with Crippen LogP contribution >= 0.6 is 0 Å². The number of aliphatic hydroxyl groups excluding tert-OH is 1. The molecule has 124 valence electrons. The number of benzene rings is 1. The Bertz CT molecular complexity index is 687. The summed E-state index contributed by atoms with van der Waals surface area (Å²) in [7, 11) is 0. The Balaban J connectivity index is 1.67. The lowest BCUT2D eigenvalue weighted by Crippen LogP contribution is -2.58. The van der Waals surface area contributed by atoms with E-state index in [0.29, 0.717) is 12.5 Å². The van der Waals surface area contributed by atoms with E-state index in [0.717, 1.165) is 17.6 Å². The summed E-state index contributed by atoms with van der Waals surface area (Å²) in [6, 6.07) is 7.47. The van der Waals surface area contributed by atoms with Crippen LogP contribution in [0.1, 0.15) is 19.9 Å². The smallest absolute Gasteiger partial charge is 0.181 e. The van der Waals surface area contributed by atoms with Gasteiger partial charge in [-0.15, -0.1) is 0 Å². The van der Waals surface area contributed by atoms with Crippen molar-refractivity contribution in [1.29, 1.82) is 0 Å². The minimum absolute atomic E-state index is 0.0974. The van der Waals surface area contributed by atoms with Crippen LogP contribution < -0.4 is 5.32 Å². The van der Waals surface area contributed by atoms with Crippen molar-refractivity contribution in [2.45, 2.75) is 44.4 Å². The molecule has 6 heteroatoms. The van der Waals surface area contributed by atoms with Gasteiger partial charge >= 0.3 is 0 Å². The predicted molar refractivity (Wildman–Crippen MR) is 86.0 cm³/mol. The molecular weight excluding hydrogens is 294 g/mol. The van der Waals surface area contributed by atoms with Crippen LogP contribution in [0.5, 0.6) is 0 Å². The maximum Gasteiger partial charge on any atom is 0.181 e. The zero-order chi connectivity index (χ0) is 16.0. The number of aromatic nitrogens is 2. The van der Waals surface area contributed by atoms with Crippen LogP contribution in [-0.2, 0) is 9.47 Å². The summed E-state index contributed by atoms with van der Waals surface area (Å²) in [6.07, 6.45) is 0.658. The molecule has 2 fully saturated rings. The van der Waals surface area contributed by atoms with Gasteiger partial charge in [-0.1, -0.05) is 26.0 Å².